The molecule has 0 saturated carbocycles. The second-order valence-electron chi connectivity index (χ2n) is 4.50. The van der Waals surface area contributed by atoms with E-state index in [9.17, 15) is 9.59 Å². The number of aryl methyl sites for hydroxylation is 1. The van der Waals surface area contributed by atoms with E-state index >= 15 is 0 Å². The van der Waals surface area contributed by atoms with Crippen LogP contribution in [0.15, 0.2) is 36.4 Å². The van der Waals surface area contributed by atoms with Gasteiger partial charge in [0.25, 0.3) is 0 Å². The van der Waals surface area contributed by atoms with Crippen molar-refractivity contribution in [2.24, 2.45) is 7.05 Å². The molecule has 2 aromatic rings. The van der Waals surface area contributed by atoms with E-state index in [1.54, 1.807) is 35.9 Å². The van der Waals surface area contributed by atoms with Crippen LogP contribution in [0, 0.1) is 6.92 Å². The summed E-state index contributed by atoms with van der Waals surface area (Å²) < 4.78 is 1.71. The Labute approximate surface area is 116 Å². The van der Waals surface area contributed by atoms with Crippen molar-refractivity contribution in [2.75, 3.05) is 0 Å². The normalized spacial score (nSPS) is 10.5. The van der Waals surface area contributed by atoms with E-state index in [1.807, 2.05) is 19.1 Å². The van der Waals surface area contributed by atoms with Gasteiger partial charge >= 0.3 is 0 Å². The van der Waals surface area contributed by atoms with Crippen LogP contribution >= 0.6 is 11.6 Å². The molecule has 0 unspecified atom stereocenters. The topological polar surface area (TPSA) is 39.1 Å². The van der Waals surface area contributed by atoms with E-state index in [2.05, 4.69) is 0 Å². The van der Waals surface area contributed by atoms with Crippen LogP contribution in [0.4, 0.5) is 0 Å². The van der Waals surface area contributed by atoms with Crippen LogP contribution in [-0.4, -0.2) is 15.6 Å². The highest BCUT2D eigenvalue weighted by molar-refractivity contribution is 6.63. The molecule has 0 aliphatic carbocycles. The number of hydrogen-bond donors (Lipinski definition) is 0. The first-order valence-electron chi connectivity index (χ1n) is 5.93. The van der Waals surface area contributed by atoms with Gasteiger partial charge in [0.1, 0.15) is 0 Å². The van der Waals surface area contributed by atoms with Crippen LogP contribution in [0.25, 0.3) is 0 Å². The second kappa shape index (κ2) is 5.41. The average molecular weight is 276 g/mol. The van der Waals surface area contributed by atoms with E-state index in [0.29, 0.717) is 11.3 Å². The van der Waals surface area contributed by atoms with Crippen molar-refractivity contribution in [3.63, 3.8) is 0 Å². The molecule has 0 aliphatic rings. The van der Waals surface area contributed by atoms with Crippen LogP contribution in [0.2, 0.25) is 0 Å². The van der Waals surface area contributed by atoms with Gasteiger partial charge in [0.2, 0.25) is 11.0 Å². The van der Waals surface area contributed by atoms with Gasteiger partial charge in [0, 0.05) is 18.3 Å². The van der Waals surface area contributed by atoms with Gasteiger partial charge in [-0.1, -0.05) is 29.8 Å². The van der Waals surface area contributed by atoms with Gasteiger partial charge in [-0.15, -0.1) is 0 Å². The maximum absolute atomic E-state index is 12.3. The third-order valence-corrected chi connectivity index (χ3v) is 3.23. The minimum Gasteiger partial charge on any atom is -0.345 e. The number of aromatic nitrogens is 1. The quantitative estimate of drug-likeness (QED) is 0.636. The summed E-state index contributed by atoms with van der Waals surface area (Å²) in [6.07, 6.45) is 0.124. The molecule has 1 aromatic carbocycles. The molecule has 1 aromatic heterocycles. The zero-order valence-electron chi connectivity index (χ0n) is 10.8. The third kappa shape index (κ3) is 2.93. The molecule has 0 fully saturated rings. The third-order valence-electron chi connectivity index (χ3n) is 3.09. The lowest BCUT2D eigenvalue weighted by molar-refractivity contribution is -0.111. The highest BCUT2D eigenvalue weighted by Crippen LogP contribution is 2.15. The van der Waals surface area contributed by atoms with Crippen LogP contribution in [-0.2, 0) is 18.3 Å². The molecule has 0 amide bonds. The molecular weight excluding hydrogens is 262 g/mol. The molecular formula is C15H14ClNO2. The fraction of sp³-hybridized carbons (Fsp3) is 0.200. The summed E-state index contributed by atoms with van der Waals surface area (Å²) in [4.78, 5) is 23.3. The Hall–Kier alpha value is -1.87. The smallest absolute Gasteiger partial charge is 0.227 e. The number of nitrogens with zero attached hydrogens (tertiary/aromatic N) is 1. The first kappa shape index (κ1) is 13.6. The van der Waals surface area contributed by atoms with Gasteiger partial charge in [-0.05, 0) is 30.7 Å². The Morgan fingerprint density at radius 3 is 2.32 bits per heavy atom. The Morgan fingerprint density at radius 1 is 1.11 bits per heavy atom. The average Bonchev–Trinajstić information content (AvgIpc) is 2.70. The number of hydrogen-bond acceptors (Lipinski definition) is 2. The van der Waals surface area contributed by atoms with E-state index in [4.69, 9.17) is 11.6 Å². The molecule has 0 bridgehead atoms. The van der Waals surface area contributed by atoms with Crippen molar-refractivity contribution in [1.29, 1.82) is 0 Å². The van der Waals surface area contributed by atoms with Crippen LogP contribution in [0.1, 0.15) is 27.3 Å². The number of benzene rings is 1. The molecule has 3 nitrogen and oxygen atoms in total. The summed E-state index contributed by atoms with van der Waals surface area (Å²) >= 11 is 5.37. The predicted octanol–water partition coefficient (Wildman–Crippen LogP) is 2.87. The van der Waals surface area contributed by atoms with Gasteiger partial charge in [-0.25, -0.2) is 0 Å². The van der Waals surface area contributed by atoms with Gasteiger partial charge in [-0.2, -0.15) is 0 Å². The van der Waals surface area contributed by atoms with Gasteiger partial charge in [0.05, 0.1) is 12.1 Å². The van der Waals surface area contributed by atoms with Crippen molar-refractivity contribution in [3.05, 3.63) is 58.9 Å². The van der Waals surface area contributed by atoms with E-state index in [-0.39, 0.29) is 12.2 Å². The van der Waals surface area contributed by atoms with Gasteiger partial charge < -0.3 is 4.57 Å². The molecule has 0 saturated heterocycles. The maximum atomic E-state index is 12.3. The van der Waals surface area contributed by atoms with Crippen molar-refractivity contribution in [2.45, 2.75) is 13.3 Å². The maximum Gasteiger partial charge on any atom is 0.227 e. The minimum absolute atomic E-state index is 0.0595. The van der Waals surface area contributed by atoms with E-state index < -0.39 is 5.24 Å². The summed E-state index contributed by atoms with van der Waals surface area (Å²) in [5.74, 6) is -0.0595. The molecule has 4 heteroatoms. The van der Waals surface area contributed by atoms with Gasteiger partial charge in [0.15, 0.2) is 0 Å². The number of rotatable bonds is 4. The lowest BCUT2D eigenvalue weighted by Gasteiger charge is -2.06. The largest absolute Gasteiger partial charge is 0.345 e. The van der Waals surface area contributed by atoms with Crippen molar-refractivity contribution in [3.8, 4) is 0 Å². The molecule has 0 radical (unpaired) electrons. The molecule has 0 spiro atoms. The lowest BCUT2D eigenvalue weighted by Crippen LogP contribution is -2.10. The summed E-state index contributed by atoms with van der Waals surface area (Å²) in [5, 5.41) is -0.435. The summed E-state index contributed by atoms with van der Waals surface area (Å²) in [7, 11) is 1.76. The highest BCUT2D eigenvalue weighted by Gasteiger charge is 2.15. The standard InChI is InChI=1S/C15H14ClNO2/c1-10-3-5-11(6-4-10)15(19)13-8-7-12(17(13)2)9-14(16)18/h3-8H,9H2,1-2H3. The number of carbonyl (C=O) groups is 2. The number of halogens is 1. The monoisotopic (exact) mass is 275 g/mol. The summed E-state index contributed by atoms with van der Waals surface area (Å²) in [5.41, 5.74) is 3.03. The fourth-order valence-corrected chi connectivity index (χ4v) is 2.09. The molecule has 98 valence electrons. The van der Waals surface area contributed by atoms with E-state index in [1.165, 1.54) is 0 Å². The second-order valence-corrected chi connectivity index (χ2v) is 4.92. The van der Waals surface area contributed by atoms with Gasteiger partial charge in [-0.3, -0.25) is 9.59 Å². The van der Waals surface area contributed by atoms with Crippen molar-refractivity contribution in [1.82, 2.24) is 4.57 Å². The Bertz CT molecular complexity index is 626. The summed E-state index contributed by atoms with van der Waals surface area (Å²) in [6.45, 7) is 1.97. The minimum atomic E-state index is -0.435. The van der Waals surface area contributed by atoms with Crippen LogP contribution in [0.3, 0.4) is 0 Å². The molecule has 0 atom stereocenters. The first-order valence-corrected chi connectivity index (χ1v) is 6.31. The molecule has 0 N–H and O–H groups in total. The molecule has 19 heavy (non-hydrogen) atoms. The predicted molar refractivity (Wildman–Crippen MR) is 74.6 cm³/mol. The SMILES string of the molecule is Cc1ccc(C(=O)c2ccc(CC(=O)Cl)n2C)cc1. The Balaban J connectivity index is 2.32. The van der Waals surface area contributed by atoms with Crippen molar-refractivity contribution < 1.29 is 9.59 Å². The number of ketones is 1. The molecule has 2 rings (SSSR count). The Morgan fingerprint density at radius 2 is 1.74 bits per heavy atom. The fourth-order valence-electron chi connectivity index (χ4n) is 1.95. The van der Waals surface area contributed by atoms with E-state index in [0.717, 1.165) is 11.3 Å². The van der Waals surface area contributed by atoms with Crippen LogP contribution in [0.5, 0.6) is 0 Å². The highest BCUT2D eigenvalue weighted by atomic mass is 35.5. The zero-order chi connectivity index (χ0) is 14.0. The zero-order valence-corrected chi connectivity index (χ0v) is 11.6. The Kier molecular flexibility index (Phi) is 3.86. The first-order chi connectivity index (χ1) is 8.99. The summed E-state index contributed by atoms with van der Waals surface area (Å²) in [6, 6.07) is 10.9. The molecule has 1 heterocycles. The van der Waals surface area contributed by atoms with Crippen molar-refractivity contribution >= 4 is 22.6 Å². The molecule has 0 aliphatic heterocycles. The number of carbonyl (C=O) groups excluding carboxylic acids is 2. The van der Waals surface area contributed by atoms with Crippen LogP contribution < -0.4 is 0 Å². The lowest BCUT2D eigenvalue weighted by atomic mass is 10.1.